The number of rotatable bonds is 6. The number of carbonyl (C=O) groups excluding carboxylic acids is 2. The minimum absolute atomic E-state index is 0.0441. The van der Waals surface area contributed by atoms with Crippen molar-refractivity contribution in [3.05, 3.63) is 83.4 Å². The molecule has 2 amide bonds. The second-order valence-electron chi connectivity index (χ2n) is 9.75. The summed E-state index contributed by atoms with van der Waals surface area (Å²) in [5.41, 5.74) is 3.70. The van der Waals surface area contributed by atoms with E-state index in [1.54, 1.807) is 35.1 Å². The molecule has 1 atom stereocenters. The molecule has 0 aliphatic carbocycles. The van der Waals surface area contributed by atoms with Gasteiger partial charge in [-0.3, -0.25) is 19.1 Å². The fraction of sp³-hybridized carbons (Fsp3) is 0.250. The van der Waals surface area contributed by atoms with Crippen LogP contribution in [0.3, 0.4) is 0 Å². The maximum atomic E-state index is 12.7. The first-order valence-electron chi connectivity index (χ1n) is 12.9. The van der Waals surface area contributed by atoms with Crippen molar-refractivity contribution in [3.63, 3.8) is 0 Å². The summed E-state index contributed by atoms with van der Waals surface area (Å²) in [5, 5.41) is 14.8. The Morgan fingerprint density at radius 2 is 1.77 bits per heavy atom. The Balaban J connectivity index is 1.16. The summed E-state index contributed by atoms with van der Waals surface area (Å²) in [6.07, 6.45) is 10.8. The number of halogens is 1. The van der Waals surface area contributed by atoms with Gasteiger partial charge in [0.1, 0.15) is 6.23 Å². The van der Waals surface area contributed by atoms with Gasteiger partial charge in [-0.25, -0.2) is 9.36 Å². The molecule has 2 aromatic carbocycles. The quantitative estimate of drug-likeness (QED) is 0.288. The molecule has 1 saturated heterocycles. The van der Waals surface area contributed by atoms with Crippen LogP contribution in [0, 0.1) is 0 Å². The lowest BCUT2D eigenvalue weighted by molar-refractivity contribution is -0.0394. The molecule has 3 aromatic heterocycles. The number of imide groups is 1. The van der Waals surface area contributed by atoms with E-state index in [9.17, 15) is 9.59 Å². The molecule has 0 N–H and O–H groups in total. The van der Waals surface area contributed by atoms with Crippen molar-refractivity contribution >= 4 is 34.3 Å². The zero-order valence-corrected chi connectivity index (χ0v) is 21.7. The summed E-state index contributed by atoms with van der Waals surface area (Å²) in [6, 6.07) is 12.6. The van der Waals surface area contributed by atoms with Gasteiger partial charge in [-0.2, -0.15) is 5.10 Å². The number of ether oxygens (including phenoxy) is 1. The molecule has 39 heavy (non-hydrogen) atoms. The third-order valence-corrected chi connectivity index (χ3v) is 7.57. The molecule has 196 valence electrons. The van der Waals surface area contributed by atoms with E-state index >= 15 is 0 Å². The van der Waals surface area contributed by atoms with E-state index in [1.165, 1.54) is 4.90 Å². The van der Waals surface area contributed by atoms with Crippen molar-refractivity contribution in [2.24, 2.45) is 0 Å². The van der Waals surface area contributed by atoms with Crippen LogP contribution in [0.5, 0.6) is 0 Å². The molecule has 10 nitrogen and oxygen atoms in total. The first-order chi connectivity index (χ1) is 19.1. The summed E-state index contributed by atoms with van der Waals surface area (Å²) in [5.74, 6) is 0.0236. The predicted molar refractivity (Wildman–Crippen MR) is 144 cm³/mol. The monoisotopic (exact) mass is 541 g/mol. The zero-order valence-electron chi connectivity index (χ0n) is 20.9. The van der Waals surface area contributed by atoms with Gasteiger partial charge in [-0.05, 0) is 43.5 Å². The Morgan fingerprint density at radius 1 is 0.949 bits per heavy atom. The highest BCUT2D eigenvalue weighted by molar-refractivity contribution is 6.31. The average molecular weight is 542 g/mol. The molecule has 7 rings (SSSR count). The van der Waals surface area contributed by atoms with E-state index in [4.69, 9.17) is 16.3 Å². The van der Waals surface area contributed by atoms with Gasteiger partial charge in [0.05, 0.1) is 35.6 Å². The lowest BCUT2D eigenvalue weighted by Gasteiger charge is -2.22. The van der Waals surface area contributed by atoms with Gasteiger partial charge in [0.25, 0.3) is 11.8 Å². The fourth-order valence-electron chi connectivity index (χ4n) is 5.34. The molecule has 11 heteroatoms. The van der Waals surface area contributed by atoms with E-state index in [1.807, 2.05) is 46.0 Å². The van der Waals surface area contributed by atoms with Gasteiger partial charge < -0.3 is 4.74 Å². The van der Waals surface area contributed by atoms with Crippen molar-refractivity contribution in [2.45, 2.75) is 32.0 Å². The molecule has 0 saturated carbocycles. The number of carbonyl (C=O) groups is 2. The van der Waals surface area contributed by atoms with Crippen molar-refractivity contribution in [1.82, 2.24) is 34.2 Å². The number of aromatic nitrogens is 6. The maximum Gasteiger partial charge on any atom is 0.261 e. The Kier molecular flexibility index (Phi) is 5.79. The van der Waals surface area contributed by atoms with Crippen LogP contribution in [-0.4, -0.2) is 59.2 Å². The van der Waals surface area contributed by atoms with E-state index in [-0.39, 0.29) is 24.6 Å². The minimum atomic E-state index is -0.286. The first kappa shape index (κ1) is 23.8. The van der Waals surface area contributed by atoms with Crippen molar-refractivity contribution < 1.29 is 14.3 Å². The number of benzene rings is 2. The molecule has 0 spiro atoms. The van der Waals surface area contributed by atoms with Crippen molar-refractivity contribution in [2.75, 3.05) is 13.2 Å². The zero-order chi connectivity index (χ0) is 26.5. The number of hydrogen-bond acceptors (Lipinski definition) is 6. The van der Waals surface area contributed by atoms with E-state index in [2.05, 4.69) is 15.4 Å². The Labute approximate surface area is 228 Å². The largest absolute Gasteiger partial charge is 0.357 e. The molecular formula is C28H24ClN7O3. The third-order valence-electron chi connectivity index (χ3n) is 7.34. The molecule has 2 aliphatic rings. The van der Waals surface area contributed by atoms with Gasteiger partial charge in [0.15, 0.2) is 5.82 Å². The summed E-state index contributed by atoms with van der Waals surface area (Å²) in [4.78, 5) is 26.7. The smallest absolute Gasteiger partial charge is 0.261 e. The number of fused-ring (bicyclic) bond motifs is 2. The summed E-state index contributed by atoms with van der Waals surface area (Å²) >= 11 is 6.38. The highest BCUT2D eigenvalue weighted by Crippen LogP contribution is 2.34. The van der Waals surface area contributed by atoms with E-state index in [0.717, 1.165) is 47.9 Å². The van der Waals surface area contributed by atoms with Crippen LogP contribution >= 0.6 is 11.6 Å². The summed E-state index contributed by atoms with van der Waals surface area (Å²) in [7, 11) is 0. The highest BCUT2D eigenvalue weighted by atomic mass is 35.5. The van der Waals surface area contributed by atoms with Crippen LogP contribution in [0.4, 0.5) is 0 Å². The van der Waals surface area contributed by atoms with Crippen LogP contribution in [0.1, 0.15) is 46.2 Å². The molecule has 1 unspecified atom stereocenters. The van der Waals surface area contributed by atoms with E-state index in [0.29, 0.717) is 28.5 Å². The van der Waals surface area contributed by atoms with Crippen LogP contribution < -0.4 is 0 Å². The average Bonchev–Trinajstić information content (AvgIpc) is 3.75. The third kappa shape index (κ3) is 4.12. The normalized spacial score (nSPS) is 17.4. The lowest BCUT2D eigenvalue weighted by atomic mass is 10.1. The molecule has 5 heterocycles. The second kappa shape index (κ2) is 9.48. The van der Waals surface area contributed by atoms with Crippen LogP contribution in [0.15, 0.2) is 67.3 Å². The number of nitrogens with zero attached hydrogens (tertiary/aromatic N) is 7. The topological polar surface area (TPSA) is 100 Å². The molecule has 0 radical (unpaired) electrons. The molecule has 2 aliphatic heterocycles. The van der Waals surface area contributed by atoms with Crippen LogP contribution in [0.25, 0.3) is 27.8 Å². The van der Waals surface area contributed by atoms with Crippen molar-refractivity contribution in [3.8, 4) is 16.9 Å². The number of hydrogen-bond donors (Lipinski definition) is 0. The fourth-order valence-corrected chi connectivity index (χ4v) is 5.51. The van der Waals surface area contributed by atoms with Crippen molar-refractivity contribution in [1.29, 1.82) is 0 Å². The Bertz CT molecular complexity index is 1690. The lowest BCUT2D eigenvalue weighted by Crippen LogP contribution is -2.33. The van der Waals surface area contributed by atoms with E-state index < -0.39 is 0 Å². The van der Waals surface area contributed by atoms with Gasteiger partial charge in [-0.15, -0.1) is 5.10 Å². The summed E-state index contributed by atoms with van der Waals surface area (Å²) < 4.78 is 11.4. The Hall–Kier alpha value is -4.28. The maximum absolute atomic E-state index is 12.7. The SMILES string of the molecule is O=C1c2ccccc2C(=O)N1CCn1cc(-n2cc(-c3cnn(C4CCCCO4)c3)c3ccc(Cl)cc32)nn1. The van der Waals surface area contributed by atoms with Gasteiger partial charge in [-0.1, -0.05) is 35.0 Å². The van der Waals surface area contributed by atoms with Gasteiger partial charge in [0, 0.05) is 47.1 Å². The second-order valence-corrected chi connectivity index (χ2v) is 10.2. The Morgan fingerprint density at radius 3 is 2.54 bits per heavy atom. The minimum Gasteiger partial charge on any atom is -0.357 e. The predicted octanol–water partition coefficient (Wildman–Crippen LogP) is 4.73. The molecule has 5 aromatic rings. The van der Waals surface area contributed by atoms with Crippen LogP contribution in [0.2, 0.25) is 5.02 Å². The standard InChI is InChI=1S/C28H24ClN7O3/c29-19-8-9-20-23(18-14-30-36(15-18)26-7-3-4-12-39-26)16-35(24(20)13-19)25-17-33(32-31-25)10-11-34-27(37)21-5-1-2-6-22(21)28(34)38/h1-2,5-6,8-9,13-17,26H,3-4,7,10-12H2. The van der Waals surface area contributed by atoms with Gasteiger partial charge in [0.2, 0.25) is 0 Å². The summed E-state index contributed by atoms with van der Waals surface area (Å²) in [6.45, 7) is 1.26. The van der Waals surface area contributed by atoms with Gasteiger partial charge >= 0.3 is 0 Å². The molecular weight excluding hydrogens is 518 g/mol. The highest BCUT2D eigenvalue weighted by Gasteiger charge is 2.34. The molecule has 1 fully saturated rings. The first-order valence-corrected chi connectivity index (χ1v) is 13.3. The number of amides is 2. The molecule has 0 bridgehead atoms. The van der Waals surface area contributed by atoms with Crippen LogP contribution in [-0.2, 0) is 11.3 Å².